The molecule has 154 valence electrons. The monoisotopic (exact) mass is 411 g/mol. The van der Waals surface area contributed by atoms with E-state index < -0.39 is 11.5 Å². The molecule has 0 spiro atoms. The average Bonchev–Trinajstić information content (AvgIpc) is 2.82. The maximum Gasteiger partial charge on any atom is 0.280 e. The van der Waals surface area contributed by atoms with Crippen LogP contribution < -0.4 is 15.6 Å². The number of benzene rings is 3. The molecule has 0 aliphatic carbocycles. The van der Waals surface area contributed by atoms with Crippen LogP contribution in [0, 0.1) is 0 Å². The van der Waals surface area contributed by atoms with Gasteiger partial charge in [-0.3, -0.25) is 9.59 Å². The fourth-order valence-corrected chi connectivity index (χ4v) is 3.40. The molecule has 0 atom stereocenters. The zero-order valence-corrected chi connectivity index (χ0v) is 17.2. The molecule has 4 aromatic rings. The lowest BCUT2D eigenvalue weighted by molar-refractivity contribution is 0.102. The van der Waals surface area contributed by atoms with E-state index in [9.17, 15) is 9.59 Å². The predicted octanol–water partition coefficient (Wildman–Crippen LogP) is 4.38. The van der Waals surface area contributed by atoms with Gasteiger partial charge in [0.05, 0.1) is 12.8 Å². The smallest absolute Gasteiger partial charge is 0.280 e. The first kappa shape index (κ1) is 20.1. The summed E-state index contributed by atoms with van der Waals surface area (Å²) in [5.74, 6) is 0.179. The first-order valence-corrected chi connectivity index (χ1v) is 9.76. The van der Waals surface area contributed by atoms with Crippen molar-refractivity contribution in [2.45, 2.75) is 0 Å². The van der Waals surface area contributed by atoms with Gasteiger partial charge in [-0.2, -0.15) is 5.10 Å². The summed E-state index contributed by atoms with van der Waals surface area (Å²) < 4.78 is 6.37. The van der Waals surface area contributed by atoms with Crippen LogP contribution in [-0.4, -0.2) is 22.8 Å². The number of aromatic nitrogens is 2. The van der Waals surface area contributed by atoms with E-state index in [1.54, 1.807) is 38.4 Å². The topological polar surface area (TPSA) is 73.2 Å². The summed E-state index contributed by atoms with van der Waals surface area (Å²) in [5.41, 5.74) is 2.75. The Hall–Kier alpha value is -4.19. The van der Waals surface area contributed by atoms with E-state index in [1.807, 2.05) is 60.7 Å². The largest absolute Gasteiger partial charge is 0.497 e. The highest BCUT2D eigenvalue weighted by atomic mass is 16.5. The van der Waals surface area contributed by atoms with E-state index in [1.165, 1.54) is 4.68 Å². The van der Waals surface area contributed by atoms with Gasteiger partial charge >= 0.3 is 0 Å². The molecule has 0 radical (unpaired) electrons. The quantitative estimate of drug-likeness (QED) is 0.529. The summed E-state index contributed by atoms with van der Waals surface area (Å²) in [6, 6.07) is 25.8. The van der Waals surface area contributed by atoms with Crippen molar-refractivity contribution >= 4 is 11.6 Å². The average molecular weight is 411 g/mol. The van der Waals surface area contributed by atoms with Crippen LogP contribution in [-0.2, 0) is 7.05 Å². The summed E-state index contributed by atoms with van der Waals surface area (Å²) >= 11 is 0. The number of rotatable bonds is 5. The Morgan fingerprint density at radius 1 is 0.871 bits per heavy atom. The van der Waals surface area contributed by atoms with E-state index in [2.05, 4.69) is 10.4 Å². The third kappa shape index (κ3) is 4.09. The number of nitrogens with one attached hydrogen (secondary N) is 1. The van der Waals surface area contributed by atoms with E-state index in [0.717, 1.165) is 11.1 Å². The second-order valence-corrected chi connectivity index (χ2v) is 6.94. The number of ether oxygens (including phenoxy) is 1. The highest BCUT2D eigenvalue weighted by molar-refractivity contribution is 6.10. The van der Waals surface area contributed by atoms with Gasteiger partial charge in [0.2, 0.25) is 0 Å². The minimum Gasteiger partial charge on any atom is -0.497 e. The molecule has 0 fully saturated rings. The molecule has 0 saturated heterocycles. The summed E-state index contributed by atoms with van der Waals surface area (Å²) in [6.45, 7) is 0. The minimum absolute atomic E-state index is 0.0402. The molecule has 0 aliphatic rings. The molecule has 6 nitrogen and oxygen atoms in total. The first-order valence-electron chi connectivity index (χ1n) is 9.76. The third-order valence-electron chi connectivity index (χ3n) is 4.93. The van der Waals surface area contributed by atoms with Crippen molar-refractivity contribution in [3.63, 3.8) is 0 Å². The van der Waals surface area contributed by atoms with Crippen molar-refractivity contribution in [2.24, 2.45) is 7.05 Å². The highest BCUT2D eigenvalue weighted by Crippen LogP contribution is 2.32. The van der Waals surface area contributed by atoms with E-state index >= 15 is 0 Å². The lowest BCUT2D eigenvalue weighted by Gasteiger charge is -2.16. The molecule has 1 aromatic heterocycles. The Bertz CT molecular complexity index is 1270. The lowest BCUT2D eigenvalue weighted by atomic mass is 9.95. The molecular formula is C25H21N3O3. The second kappa shape index (κ2) is 8.67. The molecule has 0 unspecified atom stereocenters. The first-order chi connectivity index (χ1) is 15.1. The predicted molar refractivity (Wildman–Crippen MR) is 121 cm³/mol. The summed E-state index contributed by atoms with van der Waals surface area (Å²) in [7, 11) is 3.12. The molecule has 1 heterocycles. The van der Waals surface area contributed by atoms with Crippen LogP contribution in [0.3, 0.4) is 0 Å². The number of carbonyl (C=O) groups excluding carboxylic acids is 1. The molecule has 0 saturated carbocycles. The van der Waals surface area contributed by atoms with Gasteiger partial charge in [0.1, 0.15) is 11.3 Å². The fourth-order valence-electron chi connectivity index (χ4n) is 3.40. The number of amides is 1. The van der Waals surface area contributed by atoms with Gasteiger partial charge in [-0.15, -0.1) is 0 Å². The maximum atomic E-state index is 13.3. The fraction of sp³-hybridized carbons (Fsp3) is 0.0800. The molecule has 0 bridgehead atoms. The second-order valence-electron chi connectivity index (χ2n) is 6.94. The standard InChI is InChI=1S/C25H21N3O3/c1-28-25(30)22(24(29)26-19-13-15-20(31-2)16-14-19)21(17-9-5-3-6-10-17)23(27-28)18-11-7-4-8-12-18/h3-16H,1-2H3,(H,26,29). The van der Waals surface area contributed by atoms with Crippen LogP contribution in [0.4, 0.5) is 5.69 Å². The molecule has 1 N–H and O–H groups in total. The number of nitrogens with zero attached hydrogens (tertiary/aromatic N) is 2. The number of methoxy groups -OCH3 is 1. The number of anilines is 1. The number of aryl methyl sites for hydroxylation is 1. The van der Waals surface area contributed by atoms with Crippen LogP contribution in [0.25, 0.3) is 22.4 Å². The number of carbonyl (C=O) groups is 1. The number of hydrogen-bond donors (Lipinski definition) is 1. The molecule has 3 aromatic carbocycles. The minimum atomic E-state index is -0.496. The molecule has 31 heavy (non-hydrogen) atoms. The zero-order valence-electron chi connectivity index (χ0n) is 17.2. The van der Waals surface area contributed by atoms with Crippen molar-refractivity contribution in [3.05, 3.63) is 101 Å². The van der Waals surface area contributed by atoms with Crippen LogP contribution in [0.2, 0.25) is 0 Å². The van der Waals surface area contributed by atoms with Crippen molar-refractivity contribution in [1.29, 1.82) is 0 Å². The zero-order chi connectivity index (χ0) is 21.8. The van der Waals surface area contributed by atoms with Crippen LogP contribution in [0.1, 0.15) is 10.4 Å². The van der Waals surface area contributed by atoms with Gasteiger partial charge in [0.15, 0.2) is 0 Å². The number of hydrogen-bond acceptors (Lipinski definition) is 4. The Kier molecular flexibility index (Phi) is 5.62. The molecule has 6 heteroatoms. The normalized spacial score (nSPS) is 10.5. The molecular weight excluding hydrogens is 390 g/mol. The van der Waals surface area contributed by atoms with Crippen molar-refractivity contribution < 1.29 is 9.53 Å². The van der Waals surface area contributed by atoms with Crippen LogP contribution in [0.5, 0.6) is 5.75 Å². The van der Waals surface area contributed by atoms with Crippen LogP contribution >= 0.6 is 0 Å². The Balaban J connectivity index is 1.90. The Morgan fingerprint density at radius 2 is 1.45 bits per heavy atom. The molecule has 4 rings (SSSR count). The van der Waals surface area contributed by atoms with Crippen molar-refractivity contribution in [2.75, 3.05) is 12.4 Å². The van der Waals surface area contributed by atoms with Gasteiger partial charge < -0.3 is 10.1 Å². The molecule has 1 amide bonds. The van der Waals surface area contributed by atoms with Gasteiger partial charge in [0, 0.05) is 23.9 Å². The third-order valence-corrected chi connectivity index (χ3v) is 4.93. The summed E-state index contributed by atoms with van der Waals surface area (Å²) in [4.78, 5) is 26.4. The Morgan fingerprint density at radius 3 is 2.03 bits per heavy atom. The lowest BCUT2D eigenvalue weighted by Crippen LogP contribution is -2.31. The van der Waals surface area contributed by atoms with Gasteiger partial charge in [-0.05, 0) is 29.8 Å². The van der Waals surface area contributed by atoms with E-state index in [4.69, 9.17) is 4.74 Å². The maximum absolute atomic E-state index is 13.3. The molecule has 0 aliphatic heterocycles. The van der Waals surface area contributed by atoms with Crippen LogP contribution in [0.15, 0.2) is 89.7 Å². The summed E-state index contributed by atoms with van der Waals surface area (Å²) in [5, 5.41) is 7.33. The van der Waals surface area contributed by atoms with Gasteiger partial charge in [0.25, 0.3) is 11.5 Å². The summed E-state index contributed by atoms with van der Waals surface area (Å²) in [6.07, 6.45) is 0. The van der Waals surface area contributed by atoms with Gasteiger partial charge in [-0.1, -0.05) is 60.7 Å². The highest BCUT2D eigenvalue weighted by Gasteiger charge is 2.24. The van der Waals surface area contributed by atoms with E-state index in [0.29, 0.717) is 22.7 Å². The van der Waals surface area contributed by atoms with E-state index in [-0.39, 0.29) is 5.56 Å². The van der Waals surface area contributed by atoms with Crippen molar-refractivity contribution in [3.8, 4) is 28.1 Å². The van der Waals surface area contributed by atoms with Gasteiger partial charge in [-0.25, -0.2) is 4.68 Å². The SMILES string of the molecule is COc1ccc(NC(=O)c2c(-c3ccccc3)c(-c3ccccc3)nn(C)c2=O)cc1. The van der Waals surface area contributed by atoms with Crippen molar-refractivity contribution in [1.82, 2.24) is 9.78 Å². The Labute approximate surface area is 179 Å².